The molecule has 0 unspecified atom stereocenters. The van der Waals surface area contributed by atoms with Gasteiger partial charge in [0.15, 0.2) is 0 Å². The molecule has 0 bridgehead atoms. The molecule has 0 saturated heterocycles. The van der Waals surface area contributed by atoms with Gasteiger partial charge in [-0.05, 0) is 50.3 Å². The van der Waals surface area contributed by atoms with Crippen LogP contribution in [0, 0.1) is 12.8 Å². The number of primary amides is 1. The molecule has 1 aliphatic carbocycles. The molecule has 1 fully saturated rings. The maximum Gasteiger partial charge on any atom is 0.337 e. The van der Waals surface area contributed by atoms with Gasteiger partial charge in [-0.3, -0.25) is 4.79 Å². The van der Waals surface area contributed by atoms with Gasteiger partial charge >= 0.3 is 5.97 Å². The molecule has 1 aliphatic rings. The molecule has 1 aromatic carbocycles. The van der Waals surface area contributed by atoms with Crippen molar-refractivity contribution < 1.29 is 14.7 Å². The standard InChI is InChI=1S/C22H23ClN2O2S.C4H9NO/c1-14-18(22(26)27)11-20(25(14)12-15-5-3-2-4-6-15)19-13-28-21(24-19)16-7-9-17(23)10-8-16;1-2-3-4(5)6/h7-11,13,15H,2-6,12H2,1H3,(H,26,27);2-3H2,1H3,(H2,5,6). The van der Waals surface area contributed by atoms with Crippen molar-refractivity contribution in [2.45, 2.75) is 65.3 Å². The lowest BCUT2D eigenvalue weighted by atomic mass is 9.89. The van der Waals surface area contributed by atoms with E-state index in [2.05, 4.69) is 4.57 Å². The van der Waals surface area contributed by atoms with Gasteiger partial charge in [0, 0.05) is 34.6 Å². The van der Waals surface area contributed by atoms with E-state index in [1.807, 2.05) is 43.5 Å². The third kappa shape index (κ3) is 6.70. The van der Waals surface area contributed by atoms with Gasteiger partial charge in [-0.2, -0.15) is 0 Å². The number of amides is 1. The van der Waals surface area contributed by atoms with Crippen molar-refractivity contribution in [3.63, 3.8) is 0 Å². The first-order valence-corrected chi connectivity index (χ1v) is 13.0. The Kier molecular flexibility index (Phi) is 9.30. The number of halogens is 1. The van der Waals surface area contributed by atoms with E-state index in [0.29, 0.717) is 22.9 Å². The zero-order chi connectivity index (χ0) is 24.7. The largest absolute Gasteiger partial charge is 0.478 e. The number of benzene rings is 1. The second-order valence-electron chi connectivity index (χ2n) is 8.71. The number of aromatic nitrogens is 2. The maximum absolute atomic E-state index is 11.7. The smallest absolute Gasteiger partial charge is 0.337 e. The number of hydrogen-bond acceptors (Lipinski definition) is 4. The SMILES string of the molecule is CCCC(N)=O.Cc1c(C(=O)O)cc(-c2csc(-c3ccc(Cl)cc3)n2)n1CC1CCCCC1. The minimum Gasteiger partial charge on any atom is -0.478 e. The summed E-state index contributed by atoms with van der Waals surface area (Å²) >= 11 is 7.55. The summed E-state index contributed by atoms with van der Waals surface area (Å²) in [5, 5.41) is 13.2. The molecular formula is C26H32ClN3O3S. The number of carboxylic acids is 1. The van der Waals surface area contributed by atoms with Crippen LogP contribution in [0.4, 0.5) is 0 Å². The van der Waals surface area contributed by atoms with E-state index in [-0.39, 0.29) is 5.91 Å². The van der Waals surface area contributed by atoms with E-state index < -0.39 is 5.97 Å². The molecule has 0 aliphatic heterocycles. The van der Waals surface area contributed by atoms with E-state index in [4.69, 9.17) is 22.3 Å². The van der Waals surface area contributed by atoms with E-state index in [1.54, 1.807) is 17.4 Å². The van der Waals surface area contributed by atoms with Crippen LogP contribution >= 0.6 is 22.9 Å². The van der Waals surface area contributed by atoms with Crippen molar-refractivity contribution in [2.24, 2.45) is 11.7 Å². The minimum absolute atomic E-state index is 0.211. The van der Waals surface area contributed by atoms with Gasteiger partial charge in [-0.25, -0.2) is 9.78 Å². The molecule has 6 nitrogen and oxygen atoms in total. The highest BCUT2D eigenvalue weighted by atomic mass is 35.5. The first-order chi connectivity index (χ1) is 16.3. The number of thiazole rings is 1. The summed E-state index contributed by atoms with van der Waals surface area (Å²) < 4.78 is 2.17. The number of carboxylic acid groups (broad SMARTS) is 1. The Morgan fingerprint density at radius 2 is 1.88 bits per heavy atom. The van der Waals surface area contributed by atoms with Crippen LogP contribution in [-0.2, 0) is 11.3 Å². The zero-order valence-corrected chi connectivity index (χ0v) is 21.3. The Balaban J connectivity index is 0.000000481. The fraction of sp³-hybridized carbons (Fsp3) is 0.423. The summed E-state index contributed by atoms with van der Waals surface area (Å²) in [7, 11) is 0. The van der Waals surface area contributed by atoms with Crippen molar-refractivity contribution in [1.29, 1.82) is 0 Å². The third-order valence-corrected chi connectivity index (χ3v) is 7.26. The average molecular weight is 502 g/mol. The molecule has 0 atom stereocenters. The van der Waals surface area contributed by atoms with Gasteiger partial charge in [-0.1, -0.05) is 49.9 Å². The molecular weight excluding hydrogens is 470 g/mol. The van der Waals surface area contributed by atoms with Crippen LogP contribution in [0.2, 0.25) is 5.02 Å². The van der Waals surface area contributed by atoms with E-state index in [9.17, 15) is 14.7 Å². The third-order valence-electron chi connectivity index (χ3n) is 6.12. The second kappa shape index (κ2) is 12.2. The van der Waals surface area contributed by atoms with Crippen molar-refractivity contribution >= 4 is 34.8 Å². The summed E-state index contributed by atoms with van der Waals surface area (Å²) in [6.45, 7) is 4.69. The van der Waals surface area contributed by atoms with Crippen LogP contribution in [0.5, 0.6) is 0 Å². The van der Waals surface area contributed by atoms with Gasteiger partial charge < -0.3 is 15.4 Å². The van der Waals surface area contributed by atoms with E-state index >= 15 is 0 Å². The highest BCUT2D eigenvalue weighted by Crippen LogP contribution is 2.34. The van der Waals surface area contributed by atoms with Crippen LogP contribution in [-0.4, -0.2) is 26.5 Å². The Bertz CT molecular complexity index is 1120. The molecule has 34 heavy (non-hydrogen) atoms. The maximum atomic E-state index is 11.7. The Morgan fingerprint density at radius 1 is 1.21 bits per heavy atom. The molecule has 3 N–H and O–H groups in total. The van der Waals surface area contributed by atoms with Crippen molar-refractivity contribution in [3.8, 4) is 22.0 Å². The monoisotopic (exact) mass is 501 g/mol. The number of carbonyl (C=O) groups excluding carboxylic acids is 1. The molecule has 0 spiro atoms. The highest BCUT2D eigenvalue weighted by molar-refractivity contribution is 7.13. The van der Waals surface area contributed by atoms with Crippen molar-refractivity contribution in [1.82, 2.24) is 9.55 Å². The van der Waals surface area contributed by atoms with Crippen LogP contribution in [0.15, 0.2) is 35.7 Å². The lowest BCUT2D eigenvalue weighted by Crippen LogP contribution is -2.16. The van der Waals surface area contributed by atoms with Crippen molar-refractivity contribution in [2.75, 3.05) is 0 Å². The first-order valence-electron chi connectivity index (χ1n) is 11.7. The molecule has 2 heterocycles. The predicted octanol–water partition coefficient (Wildman–Crippen LogP) is 6.79. The fourth-order valence-electron chi connectivity index (χ4n) is 4.30. The van der Waals surface area contributed by atoms with Crippen LogP contribution in [0.25, 0.3) is 22.0 Å². The number of hydrogen-bond donors (Lipinski definition) is 2. The van der Waals surface area contributed by atoms with Gasteiger partial charge in [0.2, 0.25) is 5.91 Å². The Morgan fingerprint density at radius 3 is 2.44 bits per heavy atom. The second-order valence-corrected chi connectivity index (χ2v) is 10.0. The molecule has 1 saturated carbocycles. The number of nitrogens with two attached hydrogens (primary N) is 1. The lowest BCUT2D eigenvalue weighted by Gasteiger charge is -2.24. The Labute approximate surface area is 209 Å². The van der Waals surface area contributed by atoms with Crippen LogP contribution in [0.1, 0.15) is 67.9 Å². The number of nitrogens with zero attached hydrogens (tertiary/aromatic N) is 2. The fourth-order valence-corrected chi connectivity index (χ4v) is 5.25. The topological polar surface area (TPSA) is 98.2 Å². The van der Waals surface area contributed by atoms with Gasteiger partial charge in [0.05, 0.1) is 17.0 Å². The van der Waals surface area contributed by atoms with Gasteiger partial charge in [-0.15, -0.1) is 11.3 Å². The van der Waals surface area contributed by atoms with Crippen LogP contribution in [0.3, 0.4) is 0 Å². The summed E-state index contributed by atoms with van der Waals surface area (Å²) in [6.07, 6.45) is 7.65. The lowest BCUT2D eigenvalue weighted by molar-refractivity contribution is -0.118. The molecule has 3 aromatic rings. The quantitative estimate of drug-likeness (QED) is 0.372. The highest BCUT2D eigenvalue weighted by Gasteiger charge is 2.23. The summed E-state index contributed by atoms with van der Waals surface area (Å²) in [5.41, 5.74) is 8.70. The number of aromatic carboxylic acids is 1. The summed E-state index contributed by atoms with van der Waals surface area (Å²) in [5.74, 6) is -0.485. The Hall–Kier alpha value is -2.64. The molecule has 182 valence electrons. The van der Waals surface area contributed by atoms with Crippen LogP contribution < -0.4 is 5.73 Å². The van der Waals surface area contributed by atoms with Crippen molar-refractivity contribution in [3.05, 3.63) is 52.0 Å². The molecule has 8 heteroatoms. The number of carbonyl (C=O) groups is 2. The van der Waals surface area contributed by atoms with Gasteiger partial charge in [0.1, 0.15) is 5.01 Å². The number of rotatable bonds is 7. The minimum atomic E-state index is -0.880. The van der Waals surface area contributed by atoms with E-state index in [0.717, 1.165) is 40.6 Å². The van der Waals surface area contributed by atoms with Gasteiger partial charge in [0.25, 0.3) is 0 Å². The predicted molar refractivity (Wildman–Crippen MR) is 138 cm³/mol. The molecule has 0 radical (unpaired) electrons. The van der Waals surface area contributed by atoms with E-state index in [1.165, 1.54) is 32.1 Å². The average Bonchev–Trinajstić information content (AvgIpc) is 3.41. The molecule has 1 amide bonds. The first kappa shape index (κ1) is 26.0. The zero-order valence-electron chi connectivity index (χ0n) is 19.7. The molecule has 4 rings (SSSR count). The molecule has 2 aromatic heterocycles. The summed E-state index contributed by atoms with van der Waals surface area (Å²) in [6, 6.07) is 9.41. The normalized spacial score (nSPS) is 13.9. The summed E-state index contributed by atoms with van der Waals surface area (Å²) in [4.78, 5) is 26.4.